The Hall–Kier alpha value is -2.40. The molecule has 0 spiro atoms. The molecule has 1 heterocycles. The Bertz CT molecular complexity index is 601. The van der Waals surface area contributed by atoms with Gasteiger partial charge in [0.15, 0.2) is 6.10 Å². The van der Waals surface area contributed by atoms with E-state index in [1.165, 1.54) is 4.90 Å². The minimum Gasteiger partial charge on any atom is -0.497 e. The normalized spacial score (nSPS) is 11.8. The molecule has 1 atom stereocenters. The summed E-state index contributed by atoms with van der Waals surface area (Å²) in [6, 6.07) is 10.5. The van der Waals surface area contributed by atoms with Gasteiger partial charge in [-0.1, -0.05) is 12.1 Å². The molecule has 2 rings (SSSR count). The van der Waals surface area contributed by atoms with Crippen LogP contribution in [0.5, 0.6) is 5.75 Å². The second kappa shape index (κ2) is 6.85. The van der Waals surface area contributed by atoms with Gasteiger partial charge >= 0.3 is 0 Å². The summed E-state index contributed by atoms with van der Waals surface area (Å²) < 4.78 is 5.10. The van der Waals surface area contributed by atoms with E-state index in [1.54, 1.807) is 50.8 Å². The van der Waals surface area contributed by atoms with Gasteiger partial charge in [-0.2, -0.15) is 0 Å². The number of ether oxygens (including phenoxy) is 1. The lowest BCUT2D eigenvalue weighted by Gasteiger charge is -2.21. The topological polar surface area (TPSA) is 62.7 Å². The molecule has 0 saturated heterocycles. The Kier molecular flexibility index (Phi) is 4.90. The van der Waals surface area contributed by atoms with Crippen LogP contribution in [0.1, 0.15) is 17.2 Å². The monoisotopic (exact) mass is 286 g/mol. The number of nitrogens with zero attached hydrogens (tertiary/aromatic N) is 2. The van der Waals surface area contributed by atoms with Gasteiger partial charge in [-0.25, -0.2) is 0 Å². The van der Waals surface area contributed by atoms with Gasteiger partial charge in [0.05, 0.1) is 7.11 Å². The van der Waals surface area contributed by atoms with Crippen LogP contribution in [-0.4, -0.2) is 35.1 Å². The molecular formula is C16H18N2O3. The summed E-state index contributed by atoms with van der Waals surface area (Å²) in [6.07, 6.45) is 2.14. The number of carbonyl (C=O) groups is 1. The first-order chi connectivity index (χ1) is 10.1. The van der Waals surface area contributed by atoms with Crippen molar-refractivity contribution in [1.29, 1.82) is 0 Å². The second-order valence-electron chi connectivity index (χ2n) is 4.73. The highest BCUT2D eigenvalue weighted by atomic mass is 16.5. The predicted octanol–water partition coefficient (Wildman–Crippen LogP) is 1.78. The molecule has 0 fully saturated rings. The number of methoxy groups -OCH3 is 1. The van der Waals surface area contributed by atoms with E-state index in [4.69, 9.17) is 4.74 Å². The number of aliphatic hydroxyl groups excluding tert-OH is 1. The average molecular weight is 286 g/mol. The largest absolute Gasteiger partial charge is 0.497 e. The smallest absolute Gasteiger partial charge is 0.256 e. The molecule has 0 aliphatic heterocycles. The van der Waals surface area contributed by atoms with E-state index in [2.05, 4.69) is 4.98 Å². The first-order valence-corrected chi connectivity index (χ1v) is 6.57. The van der Waals surface area contributed by atoms with Crippen molar-refractivity contribution in [2.24, 2.45) is 0 Å². The van der Waals surface area contributed by atoms with Crippen LogP contribution in [0.3, 0.4) is 0 Å². The quantitative estimate of drug-likeness (QED) is 0.910. The van der Waals surface area contributed by atoms with Crippen molar-refractivity contribution in [2.75, 3.05) is 14.2 Å². The zero-order chi connectivity index (χ0) is 15.2. The van der Waals surface area contributed by atoms with Crippen molar-refractivity contribution < 1.29 is 14.6 Å². The molecule has 0 bridgehead atoms. The van der Waals surface area contributed by atoms with Crippen molar-refractivity contribution in [1.82, 2.24) is 9.88 Å². The summed E-state index contributed by atoms with van der Waals surface area (Å²) in [5, 5.41) is 10.2. The number of hydrogen-bond acceptors (Lipinski definition) is 4. The van der Waals surface area contributed by atoms with Crippen molar-refractivity contribution in [3.63, 3.8) is 0 Å². The van der Waals surface area contributed by atoms with Crippen LogP contribution < -0.4 is 4.74 Å². The molecule has 1 aromatic carbocycles. The SMILES string of the molecule is COc1cccc(C(O)C(=O)N(C)Cc2ccncc2)c1. The zero-order valence-corrected chi connectivity index (χ0v) is 12.1. The number of rotatable bonds is 5. The maximum Gasteiger partial charge on any atom is 0.256 e. The van der Waals surface area contributed by atoms with Gasteiger partial charge in [0, 0.05) is 26.0 Å². The number of carbonyl (C=O) groups excluding carboxylic acids is 1. The van der Waals surface area contributed by atoms with Crippen LogP contribution >= 0.6 is 0 Å². The summed E-state index contributed by atoms with van der Waals surface area (Å²) in [4.78, 5) is 17.7. The third-order valence-electron chi connectivity index (χ3n) is 3.19. The molecule has 5 nitrogen and oxygen atoms in total. The number of benzene rings is 1. The maximum absolute atomic E-state index is 12.3. The van der Waals surface area contributed by atoms with E-state index in [0.717, 1.165) is 5.56 Å². The molecule has 0 aliphatic rings. The fourth-order valence-corrected chi connectivity index (χ4v) is 2.00. The molecule has 1 unspecified atom stereocenters. The van der Waals surface area contributed by atoms with Crippen LogP contribution in [0.2, 0.25) is 0 Å². The number of likely N-dealkylation sites (N-methyl/N-ethyl adjacent to an activating group) is 1. The summed E-state index contributed by atoms with van der Waals surface area (Å²) in [5.41, 5.74) is 1.47. The van der Waals surface area contributed by atoms with Crippen molar-refractivity contribution in [3.05, 3.63) is 59.9 Å². The summed E-state index contributed by atoms with van der Waals surface area (Å²) in [6.45, 7) is 0.419. The lowest BCUT2D eigenvalue weighted by molar-refractivity contribution is -0.139. The highest BCUT2D eigenvalue weighted by Gasteiger charge is 2.21. The van der Waals surface area contributed by atoms with E-state index in [1.807, 2.05) is 12.1 Å². The molecule has 5 heteroatoms. The standard InChI is InChI=1S/C16H18N2O3/c1-18(11-12-6-8-17-9-7-12)16(20)15(19)13-4-3-5-14(10-13)21-2/h3-10,15,19H,11H2,1-2H3. The Balaban J connectivity index is 2.07. The van der Waals surface area contributed by atoms with Gasteiger partial charge in [0.25, 0.3) is 5.91 Å². The average Bonchev–Trinajstić information content (AvgIpc) is 2.54. The number of aliphatic hydroxyl groups is 1. The molecular weight excluding hydrogens is 268 g/mol. The van der Waals surface area contributed by atoms with Crippen LogP contribution in [-0.2, 0) is 11.3 Å². The van der Waals surface area contributed by atoms with Crippen LogP contribution in [0.25, 0.3) is 0 Å². The van der Waals surface area contributed by atoms with Gasteiger partial charge in [-0.3, -0.25) is 9.78 Å². The highest BCUT2D eigenvalue weighted by Crippen LogP contribution is 2.21. The van der Waals surface area contributed by atoms with Gasteiger partial charge in [-0.15, -0.1) is 0 Å². The van der Waals surface area contributed by atoms with Gasteiger partial charge in [0.1, 0.15) is 5.75 Å². The fraction of sp³-hybridized carbons (Fsp3) is 0.250. The van der Waals surface area contributed by atoms with Gasteiger partial charge in [-0.05, 0) is 35.4 Å². The lowest BCUT2D eigenvalue weighted by Crippen LogP contribution is -2.31. The highest BCUT2D eigenvalue weighted by molar-refractivity contribution is 5.81. The lowest BCUT2D eigenvalue weighted by atomic mass is 10.1. The minimum absolute atomic E-state index is 0.361. The van der Waals surface area contributed by atoms with Crippen molar-refractivity contribution in [3.8, 4) is 5.75 Å². The number of pyridine rings is 1. The molecule has 0 aliphatic carbocycles. The Morgan fingerprint density at radius 2 is 2.05 bits per heavy atom. The molecule has 110 valence electrons. The van der Waals surface area contributed by atoms with E-state index in [9.17, 15) is 9.90 Å². The third kappa shape index (κ3) is 3.79. The number of aromatic nitrogens is 1. The maximum atomic E-state index is 12.3. The molecule has 2 aromatic rings. The van der Waals surface area contributed by atoms with Crippen molar-refractivity contribution in [2.45, 2.75) is 12.6 Å². The van der Waals surface area contributed by atoms with Gasteiger partial charge < -0.3 is 14.7 Å². The summed E-state index contributed by atoms with van der Waals surface area (Å²) in [5.74, 6) is 0.246. The second-order valence-corrected chi connectivity index (χ2v) is 4.73. The summed E-state index contributed by atoms with van der Waals surface area (Å²) >= 11 is 0. The van der Waals surface area contributed by atoms with Crippen LogP contribution in [0, 0.1) is 0 Å². The molecule has 0 radical (unpaired) electrons. The molecule has 1 aromatic heterocycles. The number of amides is 1. The van der Waals surface area contributed by atoms with E-state index < -0.39 is 6.10 Å². The molecule has 1 N–H and O–H groups in total. The molecule has 21 heavy (non-hydrogen) atoms. The van der Waals surface area contributed by atoms with E-state index >= 15 is 0 Å². The first kappa shape index (κ1) is 15.0. The minimum atomic E-state index is -1.20. The number of hydrogen-bond donors (Lipinski definition) is 1. The van der Waals surface area contributed by atoms with E-state index in [0.29, 0.717) is 17.9 Å². The Morgan fingerprint density at radius 1 is 1.33 bits per heavy atom. The van der Waals surface area contributed by atoms with Crippen molar-refractivity contribution >= 4 is 5.91 Å². The van der Waals surface area contributed by atoms with E-state index in [-0.39, 0.29) is 5.91 Å². The molecule has 1 amide bonds. The van der Waals surface area contributed by atoms with Crippen LogP contribution in [0.15, 0.2) is 48.8 Å². The van der Waals surface area contributed by atoms with Crippen LogP contribution in [0.4, 0.5) is 0 Å². The Morgan fingerprint density at radius 3 is 2.71 bits per heavy atom. The zero-order valence-electron chi connectivity index (χ0n) is 12.1. The fourth-order valence-electron chi connectivity index (χ4n) is 2.00. The Labute approximate surface area is 123 Å². The first-order valence-electron chi connectivity index (χ1n) is 6.57. The summed E-state index contributed by atoms with van der Waals surface area (Å²) in [7, 11) is 3.20. The third-order valence-corrected chi connectivity index (χ3v) is 3.19. The predicted molar refractivity (Wildman–Crippen MR) is 78.7 cm³/mol. The molecule has 0 saturated carbocycles. The van der Waals surface area contributed by atoms with Gasteiger partial charge in [0.2, 0.25) is 0 Å².